The summed E-state index contributed by atoms with van der Waals surface area (Å²) in [5, 5.41) is 1.78. The quantitative estimate of drug-likeness (QED) is 0.331. The number of ether oxygens (including phenoxy) is 1. The molecule has 3 heterocycles. The molecule has 2 aromatic carbocycles. The van der Waals surface area contributed by atoms with Crippen LogP contribution in [-0.2, 0) is 9.84 Å². The van der Waals surface area contributed by atoms with Gasteiger partial charge in [-0.3, -0.25) is 4.79 Å². The molecule has 0 radical (unpaired) electrons. The number of rotatable bonds is 7. The van der Waals surface area contributed by atoms with Crippen LogP contribution in [0.1, 0.15) is 22.8 Å². The van der Waals surface area contributed by atoms with Crippen molar-refractivity contribution < 1.29 is 22.4 Å². The van der Waals surface area contributed by atoms with Gasteiger partial charge in [0.15, 0.2) is 0 Å². The first-order valence-electron chi connectivity index (χ1n) is 12.0. The van der Waals surface area contributed by atoms with Crippen LogP contribution in [0.3, 0.4) is 0 Å². The molecule has 0 spiro atoms. The van der Waals surface area contributed by atoms with Gasteiger partial charge in [-0.1, -0.05) is 23.8 Å². The van der Waals surface area contributed by atoms with Crippen LogP contribution in [0.5, 0.6) is 5.75 Å². The zero-order valence-electron chi connectivity index (χ0n) is 20.6. The number of nitrogens with zero attached hydrogens (tertiary/aromatic N) is 3. The van der Waals surface area contributed by atoms with Crippen molar-refractivity contribution in [3.63, 3.8) is 0 Å². The lowest BCUT2D eigenvalue weighted by molar-refractivity contribution is 0.0745. The van der Waals surface area contributed by atoms with Gasteiger partial charge in [0, 0.05) is 31.7 Å². The lowest BCUT2D eigenvalue weighted by Gasteiger charge is -2.34. The highest BCUT2D eigenvalue weighted by Crippen LogP contribution is 2.36. The number of amides is 1. The van der Waals surface area contributed by atoms with Gasteiger partial charge < -0.3 is 19.0 Å². The van der Waals surface area contributed by atoms with Gasteiger partial charge in [0.25, 0.3) is 5.91 Å². The Morgan fingerprint density at radius 3 is 2.35 bits per heavy atom. The maximum absolute atomic E-state index is 13.6. The molecule has 192 valence electrons. The topological polar surface area (TPSA) is 92.9 Å². The first-order chi connectivity index (χ1) is 17.9. The summed E-state index contributed by atoms with van der Waals surface area (Å²) in [6.07, 6.45) is 0. The number of anilines is 1. The lowest BCUT2D eigenvalue weighted by Crippen LogP contribution is -2.49. The zero-order chi connectivity index (χ0) is 26.0. The number of carbonyl (C=O) groups is 1. The van der Waals surface area contributed by atoms with Crippen molar-refractivity contribution in [2.75, 3.05) is 37.7 Å². The second kappa shape index (κ2) is 10.4. The average Bonchev–Trinajstić information content (AvgIpc) is 3.60. The van der Waals surface area contributed by atoms with Gasteiger partial charge in [0.1, 0.15) is 5.75 Å². The summed E-state index contributed by atoms with van der Waals surface area (Å²) < 4.78 is 38.7. The Labute approximate surface area is 220 Å². The summed E-state index contributed by atoms with van der Waals surface area (Å²) in [7, 11) is -3.92. The van der Waals surface area contributed by atoms with E-state index < -0.39 is 9.84 Å². The van der Waals surface area contributed by atoms with Crippen LogP contribution >= 0.6 is 11.3 Å². The molecule has 0 aliphatic carbocycles. The average molecular weight is 538 g/mol. The molecule has 0 bridgehead atoms. The standard InChI is InChI=1S/C27H27N3O5S2/c1-3-34-21-10-8-20(9-11-21)26(31)29-14-16-30(17-15-29)27-25(28-24(35-27)23-5-4-18-36-23)37(32,33)22-12-6-19(2)7-13-22/h4-13,18H,3,14-17H2,1-2H3. The maximum Gasteiger partial charge on any atom is 0.253 e. The Morgan fingerprint density at radius 2 is 1.73 bits per heavy atom. The number of oxazole rings is 1. The monoisotopic (exact) mass is 537 g/mol. The second-order valence-corrected chi connectivity index (χ2v) is 11.5. The van der Waals surface area contributed by atoms with Crippen LogP contribution in [-0.4, -0.2) is 57.0 Å². The van der Waals surface area contributed by atoms with Crippen LogP contribution in [0, 0.1) is 6.92 Å². The number of aromatic nitrogens is 1. The Hall–Kier alpha value is -3.63. The highest BCUT2D eigenvalue weighted by Gasteiger charge is 2.33. The van der Waals surface area contributed by atoms with E-state index in [1.165, 1.54) is 11.3 Å². The van der Waals surface area contributed by atoms with E-state index in [0.717, 1.165) is 16.2 Å². The predicted molar refractivity (Wildman–Crippen MR) is 142 cm³/mol. The SMILES string of the molecule is CCOc1ccc(C(=O)N2CCN(c3oc(-c4cccs4)nc3S(=O)(=O)c3ccc(C)cc3)CC2)cc1. The number of carbonyl (C=O) groups excluding carboxylic acids is 1. The van der Waals surface area contributed by atoms with Crippen molar-refractivity contribution in [3.8, 4) is 16.5 Å². The predicted octanol–water partition coefficient (Wildman–Crippen LogP) is 4.91. The van der Waals surface area contributed by atoms with Gasteiger partial charge in [-0.25, -0.2) is 8.42 Å². The Bertz CT molecular complexity index is 1470. The van der Waals surface area contributed by atoms with Crippen LogP contribution in [0.15, 0.2) is 80.4 Å². The molecule has 1 aliphatic rings. The first kappa shape index (κ1) is 25.0. The molecule has 1 aliphatic heterocycles. The van der Waals surface area contributed by atoms with Gasteiger partial charge in [0.05, 0.1) is 16.4 Å². The summed E-state index contributed by atoms with van der Waals surface area (Å²) in [6, 6.07) is 17.5. The summed E-state index contributed by atoms with van der Waals surface area (Å²) in [5.74, 6) is 1.12. The molecule has 2 aromatic heterocycles. The van der Waals surface area contributed by atoms with Crippen LogP contribution < -0.4 is 9.64 Å². The van der Waals surface area contributed by atoms with E-state index in [1.54, 1.807) is 53.4 Å². The molecule has 4 aromatic rings. The Kier molecular flexibility index (Phi) is 7.03. The highest BCUT2D eigenvalue weighted by molar-refractivity contribution is 7.91. The van der Waals surface area contributed by atoms with Gasteiger partial charge in [-0.05, 0) is 61.7 Å². The Balaban J connectivity index is 1.39. The van der Waals surface area contributed by atoms with Crippen molar-refractivity contribution in [2.24, 2.45) is 0 Å². The number of hydrogen-bond acceptors (Lipinski definition) is 8. The molecule has 1 amide bonds. The van der Waals surface area contributed by atoms with Gasteiger partial charge in [-0.15, -0.1) is 11.3 Å². The van der Waals surface area contributed by atoms with Crippen LogP contribution in [0.25, 0.3) is 10.8 Å². The maximum atomic E-state index is 13.6. The van der Waals surface area contributed by atoms with E-state index in [0.29, 0.717) is 38.3 Å². The molecule has 1 fully saturated rings. The molecule has 1 saturated heterocycles. The van der Waals surface area contributed by atoms with Crippen LogP contribution in [0.4, 0.5) is 5.88 Å². The van der Waals surface area contributed by atoms with E-state index in [4.69, 9.17) is 9.15 Å². The smallest absolute Gasteiger partial charge is 0.253 e. The highest BCUT2D eigenvalue weighted by atomic mass is 32.2. The van der Waals surface area contributed by atoms with Crippen molar-refractivity contribution in [3.05, 3.63) is 77.2 Å². The van der Waals surface area contributed by atoms with E-state index in [-0.39, 0.29) is 27.6 Å². The fourth-order valence-corrected chi connectivity index (χ4v) is 6.13. The van der Waals surface area contributed by atoms with Crippen molar-refractivity contribution in [2.45, 2.75) is 23.8 Å². The van der Waals surface area contributed by atoms with Crippen molar-refractivity contribution in [1.82, 2.24) is 9.88 Å². The zero-order valence-corrected chi connectivity index (χ0v) is 22.2. The van der Waals surface area contributed by atoms with Gasteiger partial charge >= 0.3 is 0 Å². The fourth-order valence-electron chi connectivity index (χ4n) is 4.16. The summed E-state index contributed by atoms with van der Waals surface area (Å²) in [4.78, 5) is 22.0. The summed E-state index contributed by atoms with van der Waals surface area (Å²) >= 11 is 1.43. The van der Waals surface area contributed by atoms with E-state index in [2.05, 4.69) is 4.98 Å². The fraction of sp³-hybridized carbons (Fsp3) is 0.259. The molecule has 0 atom stereocenters. The molecular weight excluding hydrogens is 510 g/mol. The minimum absolute atomic E-state index is 0.0768. The number of piperazine rings is 1. The summed E-state index contributed by atoms with van der Waals surface area (Å²) in [6.45, 7) is 6.05. The van der Waals surface area contributed by atoms with Gasteiger partial charge in [-0.2, -0.15) is 4.98 Å². The molecular formula is C27H27N3O5S2. The lowest BCUT2D eigenvalue weighted by atomic mass is 10.1. The van der Waals surface area contributed by atoms with E-state index in [9.17, 15) is 13.2 Å². The second-order valence-electron chi connectivity index (χ2n) is 8.66. The third kappa shape index (κ3) is 5.12. The van der Waals surface area contributed by atoms with Crippen molar-refractivity contribution in [1.29, 1.82) is 0 Å². The summed E-state index contributed by atoms with van der Waals surface area (Å²) in [5.41, 5.74) is 1.55. The Morgan fingerprint density at radius 1 is 1.03 bits per heavy atom. The normalized spacial score (nSPS) is 14.1. The minimum Gasteiger partial charge on any atom is -0.494 e. The first-order valence-corrected chi connectivity index (χ1v) is 14.4. The van der Waals surface area contributed by atoms with Crippen molar-refractivity contribution >= 4 is 33.0 Å². The third-order valence-corrected chi connectivity index (χ3v) is 8.69. The number of aryl methyl sites for hydroxylation is 1. The number of benzene rings is 2. The van der Waals surface area contributed by atoms with Crippen LogP contribution in [0.2, 0.25) is 0 Å². The molecule has 8 nitrogen and oxygen atoms in total. The third-order valence-electron chi connectivity index (χ3n) is 6.16. The molecule has 0 unspecified atom stereocenters. The number of sulfone groups is 1. The number of thiophene rings is 1. The number of hydrogen-bond donors (Lipinski definition) is 0. The van der Waals surface area contributed by atoms with E-state index in [1.807, 2.05) is 36.3 Å². The minimum atomic E-state index is -3.92. The van der Waals surface area contributed by atoms with E-state index >= 15 is 0 Å². The molecule has 37 heavy (non-hydrogen) atoms. The molecule has 0 N–H and O–H groups in total. The largest absolute Gasteiger partial charge is 0.494 e. The van der Waals surface area contributed by atoms with Gasteiger partial charge in [0.2, 0.25) is 26.6 Å². The molecule has 5 rings (SSSR count). The molecule has 10 heteroatoms. The molecule has 0 saturated carbocycles.